The molecule has 5 nitrogen and oxygen atoms in total. The Bertz CT molecular complexity index is 475. The van der Waals surface area contributed by atoms with Crippen molar-refractivity contribution in [2.45, 2.75) is 6.92 Å². The van der Waals surface area contributed by atoms with E-state index in [9.17, 15) is 4.79 Å². The van der Waals surface area contributed by atoms with Crippen LogP contribution in [0.1, 0.15) is 15.9 Å². The average Bonchev–Trinajstić information content (AvgIpc) is 2.51. The first-order valence-corrected chi connectivity index (χ1v) is 3.72. The molecule has 0 fully saturated rings. The molecular weight excluding hydrogens is 170 g/mol. The van der Waals surface area contributed by atoms with E-state index in [4.69, 9.17) is 5.11 Å². The molecule has 0 saturated heterocycles. The molecule has 0 amide bonds. The quantitative estimate of drug-likeness (QED) is 0.697. The monoisotopic (exact) mass is 177 g/mol. The molecule has 1 N–H and O–H groups in total. The first kappa shape index (κ1) is 7.72. The van der Waals surface area contributed by atoms with Crippen molar-refractivity contribution in [3.8, 4) is 0 Å². The van der Waals surface area contributed by atoms with Crippen LogP contribution in [0.15, 0.2) is 18.6 Å². The number of nitrogens with zero attached hydrogens (tertiary/aromatic N) is 3. The van der Waals surface area contributed by atoms with Gasteiger partial charge >= 0.3 is 5.97 Å². The van der Waals surface area contributed by atoms with Crippen molar-refractivity contribution < 1.29 is 9.90 Å². The van der Waals surface area contributed by atoms with E-state index in [1.54, 1.807) is 13.0 Å². The minimum atomic E-state index is -0.958. The molecular formula is C8H7N3O2. The van der Waals surface area contributed by atoms with E-state index in [0.29, 0.717) is 5.65 Å². The van der Waals surface area contributed by atoms with Gasteiger partial charge < -0.3 is 5.11 Å². The standard InChI is InChI=1S/C8H7N3O2/c1-5-2-6(8(12)13)3-11-7(5)9-4-10-11/h2-4H,1H3,(H,12,13). The van der Waals surface area contributed by atoms with Crippen LogP contribution in [0.2, 0.25) is 0 Å². The van der Waals surface area contributed by atoms with Crippen LogP contribution in [0.25, 0.3) is 5.65 Å². The molecule has 0 bridgehead atoms. The Balaban J connectivity index is 2.77. The summed E-state index contributed by atoms with van der Waals surface area (Å²) in [7, 11) is 0. The number of hydrogen-bond donors (Lipinski definition) is 1. The third-order valence-corrected chi connectivity index (χ3v) is 1.81. The topological polar surface area (TPSA) is 67.5 Å². The highest BCUT2D eigenvalue weighted by atomic mass is 16.4. The summed E-state index contributed by atoms with van der Waals surface area (Å²) in [6.07, 6.45) is 2.84. The maximum absolute atomic E-state index is 10.7. The third kappa shape index (κ3) is 1.14. The van der Waals surface area contributed by atoms with Gasteiger partial charge in [0.1, 0.15) is 6.33 Å². The fraction of sp³-hybridized carbons (Fsp3) is 0.125. The molecule has 0 unspecified atom stereocenters. The first-order chi connectivity index (χ1) is 6.18. The van der Waals surface area contributed by atoms with Crippen molar-refractivity contribution in [2.24, 2.45) is 0 Å². The second-order valence-corrected chi connectivity index (χ2v) is 2.75. The number of aryl methyl sites for hydroxylation is 1. The Hall–Kier alpha value is -1.91. The zero-order chi connectivity index (χ0) is 9.42. The van der Waals surface area contributed by atoms with Gasteiger partial charge in [-0.25, -0.2) is 14.3 Å². The molecule has 13 heavy (non-hydrogen) atoms. The van der Waals surface area contributed by atoms with Gasteiger partial charge in [-0.3, -0.25) is 0 Å². The Morgan fingerprint density at radius 2 is 2.38 bits per heavy atom. The summed E-state index contributed by atoms with van der Waals surface area (Å²) in [5.74, 6) is -0.958. The fourth-order valence-corrected chi connectivity index (χ4v) is 1.21. The Labute approximate surface area is 73.6 Å². The molecule has 0 radical (unpaired) electrons. The summed E-state index contributed by atoms with van der Waals surface area (Å²) in [6, 6.07) is 1.58. The lowest BCUT2D eigenvalue weighted by Crippen LogP contribution is -2.01. The van der Waals surface area contributed by atoms with Crippen LogP contribution in [-0.4, -0.2) is 25.7 Å². The van der Waals surface area contributed by atoms with E-state index in [1.165, 1.54) is 17.0 Å². The number of aromatic nitrogens is 3. The Kier molecular flexibility index (Phi) is 1.51. The van der Waals surface area contributed by atoms with Crippen LogP contribution >= 0.6 is 0 Å². The summed E-state index contributed by atoms with van der Waals surface area (Å²) in [5, 5.41) is 12.6. The van der Waals surface area contributed by atoms with E-state index >= 15 is 0 Å². The molecule has 2 aromatic heterocycles. The third-order valence-electron chi connectivity index (χ3n) is 1.81. The number of rotatable bonds is 1. The van der Waals surface area contributed by atoms with E-state index in [1.807, 2.05) is 0 Å². The van der Waals surface area contributed by atoms with Gasteiger partial charge in [0.2, 0.25) is 0 Å². The number of hydrogen-bond acceptors (Lipinski definition) is 3. The maximum atomic E-state index is 10.7. The minimum Gasteiger partial charge on any atom is -0.478 e. The van der Waals surface area contributed by atoms with Gasteiger partial charge in [0.25, 0.3) is 0 Å². The SMILES string of the molecule is Cc1cc(C(=O)O)cn2ncnc12. The number of aromatic carboxylic acids is 1. The lowest BCUT2D eigenvalue weighted by atomic mass is 10.2. The molecule has 0 saturated carbocycles. The van der Waals surface area contributed by atoms with Crippen molar-refractivity contribution in [3.05, 3.63) is 29.7 Å². The predicted molar refractivity (Wildman–Crippen MR) is 44.7 cm³/mol. The largest absolute Gasteiger partial charge is 0.478 e. The Morgan fingerprint density at radius 3 is 3.08 bits per heavy atom. The Morgan fingerprint density at radius 1 is 1.62 bits per heavy atom. The summed E-state index contributed by atoms with van der Waals surface area (Å²) in [5.41, 5.74) is 1.71. The minimum absolute atomic E-state index is 0.218. The molecule has 0 aromatic carbocycles. The van der Waals surface area contributed by atoms with Gasteiger partial charge in [0, 0.05) is 6.20 Å². The highest BCUT2D eigenvalue weighted by Gasteiger charge is 2.07. The number of carboxylic acids is 1. The molecule has 0 atom stereocenters. The number of carboxylic acid groups (broad SMARTS) is 1. The van der Waals surface area contributed by atoms with Gasteiger partial charge in [-0.05, 0) is 18.6 Å². The normalized spacial score (nSPS) is 10.5. The van der Waals surface area contributed by atoms with Crippen molar-refractivity contribution in [2.75, 3.05) is 0 Å². The summed E-state index contributed by atoms with van der Waals surface area (Å²) in [4.78, 5) is 14.6. The van der Waals surface area contributed by atoms with Gasteiger partial charge in [0.05, 0.1) is 5.56 Å². The zero-order valence-electron chi connectivity index (χ0n) is 6.93. The van der Waals surface area contributed by atoms with Crippen LogP contribution in [0.4, 0.5) is 0 Å². The lowest BCUT2D eigenvalue weighted by molar-refractivity contribution is 0.0696. The van der Waals surface area contributed by atoms with Crippen molar-refractivity contribution in [1.29, 1.82) is 0 Å². The molecule has 0 aliphatic rings. The smallest absolute Gasteiger partial charge is 0.337 e. The van der Waals surface area contributed by atoms with Crippen molar-refractivity contribution >= 4 is 11.6 Å². The molecule has 0 aliphatic heterocycles. The van der Waals surface area contributed by atoms with Crippen LogP contribution in [0, 0.1) is 6.92 Å². The van der Waals surface area contributed by atoms with Crippen molar-refractivity contribution in [3.63, 3.8) is 0 Å². The van der Waals surface area contributed by atoms with Crippen LogP contribution in [0.3, 0.4) is 0 Å². The second kappa shape index (κ2) is 2.55. The van der Waals surface area contributed by atoms with E-state index in [2.05, 4.69) is 10.1 Å². The van der Waals surface area contributed by atoms with Crippen LogP contribution in [-0.2, 0) is 0 Å². The maximum Gasteiger partial charge on any atom is 0.337 e. The number of carbonyl (C=O) groups is 1. The van der Waals surface area contributed by atoms with Crippen molar-refractivity contribution in [1.82, 2.24) is 14.6 Å². The highest BCUT2D eigenvalue weighted by Crippen LogP contribution is 2.09. The molecule has 5 heteroatoms. The zero-order valence-corrected chi connectivity index (χ0v) is 6.93. The molecule has 2 heterocycles. The van der Waals surface area contributed by atoms with Crippen LogP contribution in [0.5, 0.6) is 0 Å². The molecule has 2 rings (SSSR count). The second-order valence-electron chi connectivity index (χ2n) is 2.75. The lowest BCUT2D eigenvalue weighted by Gasteiger charge is -1.98. The summed E-state index contributed by atoms with van der Waals surface area (Å²) < 4.78 is 1.46. The van der Waals surface area contributed by atoms with Gasteiger partial charge in [-0.1, -0.05) is 0 Å². The van der Waals surface area contributed by atoms with Gasteiger partial charge in [-0.15, -0.1) is 0 Å². The van der Waals surface area contributed by atoms with E-state index in [0.717, 1.165) is 5.56 Å². The molecule has 2 aromatic rings. The average molecular weight is 177 g/mol. The molecule has 66 valence electrons. The van der Waals surface area contributed by atoms with Crippen LogP contribution < -0.4 is 0 Å². The summed E-state index contributed by atoms with van der Waals surface area (Å²) >= 11 is 0. The number of pyridine rings is 1. The molecule has 0 spiro atoms. The highest BCUT2D eigenvalue weighted by molar-refractivity contribution is 5.88. The predicted octanol–water partition coefficient (Wildman–Crippen LogP) is 0.736. The van der Waals surface area contributed by atoms with Gasteiger partial charge in [-0.2, -0.15) is 5.10 Å². The number of fused-ring (bicyclic) bond motifs is 1. The van der Waals surface area contributed by atoms with E-state index < -0.39 is 5.97 Å². The first-order valence-electron chi connectivity index (χ1n) is 3.72. The van der Waals surface area contributed by atoms with Gasteiger partial charge in [0.15, 0.2) is 5.65 Å². The van der Waals surface area contributed by atoms with E-state index in [-0.39, 0.29) is 5.56 Å². The summed E-state index contributed by atoms with van der Waals surface area (Å²) in [6.45, 7) is 1.80. The fourth-order valence-electron chi connectivity index (χ4n) is 1.21. The molecule has 0 aliphatic carbocycles.